The van der Waals surface area contributed by atoms with Crippen molar-refractivity contribution in [2.75, 3.05) is 0 Å². The lowest BCUT2D eigenvalue weighted by Gasteiger charge is -2.19. The molecular formula is C80H50O. The molecule has 0 amide bonds. The largest absolute Gasteiger partial charge is 0.456 e. The third kappa shape index (κ3) is 7.70. The molecule has 17 aromatic rings. The van der Waals surface area contributed by atoms with Gasteiger partial charge < -0.3 is 4.42 Å². The van der Waals surface area contributed by atoms with Crippen LogP contribution >= 0.6 is 0 Å². The highest BCUT2D eigenvalue weighted by Gasteiger charge is 2.22. The summed E-state index contributed by atoms with van der Waals surface area (Å²) in [7, 11) is 0. The molecule has 0 aliphatic heterocycles. The fourth-order valence-electron chi connectivity index (χ4n) is 13.3. The third-order valence-corrected chi connectivity index (χ3v) is 16.8. The molecule has 0 spiro atoms. The van der Waals surface area contributed by atoms with Gasteiger partial charge in [-0.25, -0.2) is 0 Å². The topological polar surface area (TPSA) is 13.1 Å². The van der Waals surface area contributed by atoms with Gasteiger partial charge in [0, 0.05) is 10.8 Å². The summed E-state index contributed by atoms with van der Waals surface area (Å²) in [5.74, 6) is 0. The van der Waals surface area contributed by atoms with Crippen molar-refractivity contribution < 1.29 is 4.42 Å². The van der Waals surface area contributed by atoms with Crippen molar-refractivity contribution in [3.8, 4) is 55.6 Å². The quantitative estimate of drug-likeness (QED) is 0.157. The van der Waals surface area contributed by atoms with Gasteiger partial charge in [0.2, 0.25) is 0 Å². The molecule has 0 N–H and O–H groups in total. The van der Waals surface area contributed by atoms with E-state index in [0.29, 0.717) is 0 Å². The van der Waals surface area contributed by atoms with E-state index < -0.39 is 0 Å². The molecule has 81 heavy (non-hydrogen) atoms. The molecule has 0 atom stereocenters. The van der Waals surface area contributed by atoms with Gasteiger partial charge in [0.15, 0.2) is 0 Å². The number of rotatable bonds is 5. The molecule has 17 rings (SSSR count). The van der Waals surface area contributed by atoms with Crippen molar-refractivity contribution in [3.05, 3.63) is 303 Å². The minimum Gasteiger partial charge on any atom is -0.456 e. The molecule has 0 radical (unpaired) electrons. The van der Waals surface area contributed by atoms with E-state index in [1.165, 1.54) is 147 Å². The monoisotopic (exact) mass is 1030 g/mol. The number of fused-ring (bicyclic) bond motifs is 11. The molecule has 1 heterocycles. The van der Waals surface area contributed by atoms with Crippen LogP contribution in [0.25, 0.3) is 164 Å². The second-order valence-corrected chi connectivity index (χ2v) is 21.4. The van der Waals surface area contributed by atoms with Crippen LogP contribution in [0.5, 0.6) is 0 Å². The first-order valence-corrected chi connectivity index (χ1v) is 28.0. The van der Waals surface area contributed by atoms with Crippen molar-refractivity contribution in [1.82, 2.24) is 0 Å². The zero-order valence-corrected chi connectivity index (χ0v) is 44.3. The summed E-state index contributed by atoms with van der Waals surface area (Å²) in [4.78, 5) is 0. The Morgan fingerprint density at radius 2 is 0.543 bits per heavy atom. The van der Waals surface area contributed by atoms with Gasteiger partial charge in [0.1, 0.15) is 11.2 Å². The maximum atomic E-state index is 6.49. The smallest absolute Gasteiger partial charge is 0.136 e. The number of hydrogen-bond donors (Lipinski definition) is 0. The van der Waals surface area contributed by atoms with Gasteiger partial charge in [-0.3, -0.25) is 0 Å². The standard InChI is InChI=1S/C40H24O.C40H26/c1-2-13-27-24-37-35(23-26(27)12-1)40-34(21-10-22-36(40)41-37)39-32-18-7-5-16-30(32)38(31-17-6-8-19-33(31)39)29-20-9-14-25-11-3-4-15-28(25)29;1-2-13-29-25-32(24-23-27(29)11-1)40-37-20-7-5-18-35(37)39(36-19-6-8-21-38(36)40)31-16-9-15-30(26-31)34-22-10-14-28-12-3-4-17-33(28)34/h1-24H;1-26H. The maximum Gasteiger partial charge on any atom is 0.136 e. The molecule has 0 saturated heterocycles. The SMILES string of the molecule is c1cc(-c2cccc3ccccc23)cc(-c2c3ccccc3c(-c3ccc4ccccc4c3)c3ccccc23)c1.c1ccc2cc3c(cc2c1)oc1cccc(-c2c4ccccc4c(-c4cccc5ccccc45)c4ccccc24)c13. The van der Waals surface area contributed by atoms with Crippen LogP contribution < -0.4 is 0 Å². The van der Waals surface area contributed by atoms with Crippen LogP contribution in [0, 0.1) is 0 Å². The normalized spacial score (nSPS) is 11.7. The Hall–Kier alpha value is -10.6. The summed E-state index contributed by atoms with van der Waals surface area (Å²) in [6.07, 6.45) is 0. The Bertz CT molecular complexity index is 5240. The lowest BCUT2D eigenvalue weighted by Crippen LogP contribution is -1.92. The molecule has 0 fully saturated rings. The Labute approximate surface area is 468 Å². The lowest BCUT2D eigenvalue weighted by atomic mass is 9.84. The molecule has 1 aromatic heterocycles. The molecule has 376 valence electrons. The predicted molar refractivity (Wildman–Crippen MR) is 347 cm³/mol. The summed E-state index contributed by atoms with van der Waals surface area (Å²) in [6.45, 7) is 0. The number of furan rings is 1. The second kappa shape index (κ2) is 19.1. The van der Waals surface area contributed by atoms with Crippen LogP contribution in [-0.2, 0) is 0 Å². The first-order chi connectivity index (χ1) is 40.2. The van der Waals surface area contributed by atoms with E-state index in [0.717, 1.165) is 16.6 Å². The van der Waals surface area contributed by atoms with E-state index >= 15 is 0 Å². The van der Waals surface area contributed by atoms with Crippen LogP contribution in [0.4, 0.5) is 0 Å². The Morgan fingerprint density at radius 1 is 0.173 bits per heavy atom. The van der Waals surface area contributed by atoms with E-state index in [9.17, 15) is 0 Å². The minimum atomic E-state index is 0.916. The van der Waals surface area contributed by atoms with Crippen molar-refractivity contribution in [3.63, 3.8) is 0 Å². The summed E-state index contributed by atoms with van der Waals surface area (Å²) in [6, 6.07) is 110. The molecule has 0 bridgehead atoms. The average molecular weight is 1030 g/mol. The molecule has 0 saturated carbocycles. The fraction of sp³-hybridized carbons (Fsp3) is 0. The molecular weight excluding hydrogens is 977 g/mol. The first-order valence-electron chi connectivity index (χ1n) is 28.0. The number of benzene rings is 16. The summed E-state index contributed by atoms with van der Waals surface area (Å²) in [5, 5.41) is 22.5. The molecule has 0 aliphatic carbocycles. The maximum absolute atomic E-state index is 6.49. The van der Waals surface area contributed by atoms with Crippen LogP contribution in [0.2, 0.25) is 0 Å². The van der Waals surface area contributed by atoms with Gasteiger partial charge in [-0.05, 0) is 172 Å². The van der Waals surface area contributed by atoms with Gasteiger partial charge in [0.25, 0.3) is 0 Å². The van der Waals surface area contributed by atoms with Crippen LogP contribution in [0.15, 0.2) is 308 Å². The van der Waals surface area contributed by atoms with E-state index in [2.05, 4.69) is 303 Å². The van der Waals surface area contributed by atoms with Gasteiger partial charge in [-0.15, -0.1) is 0 Å². The predicted octanol–water partition coefficient (Wildman–Crippen LogP) is 22.8. The lowest BCUT2D eigenvalue weighted by molar-refractivity contribution is 0.669. The van der Waals surface area contributed by atoms with Crippen LogP contribution in [-0.4, -0.2) is 0 Å². The zero-order chi connectivity index (χ0) is 53.4. The highest BCUT2D eigenvalue weighted by atomic mass is 16.3. The zero-order valence-electron chi connectivity index (χ0n) is 44.3. The van der Waals surface area contributed by atoms with E-state index in [4.69, 9.17) is 4.42 Å². The molecule has 0 unspecified atom stereocenters. The van der Waals surface area contributed by atoms with Gasteiger partial charge in [-0.1, -0.05) is 273 Å². The molecule has 1 heteroatoms. The molecule has 16 aromatic carbocycles. The van der Waals surface area contributed by atoms with Crippen LogP contribution in [0.1, 0.15) is 0 Å². The van der Waals surface area contributed by atoms with Gasteiger partial charge in [-0.2, -0.15) is 0 Å². The van der Waals surface area contributed by atoms with Crippen molar-refractivity contribution in [2.45, 2.75) is 0 Å². The van der Waals surface area contributed by atoms with Crippen LogP contribution in [0.3, 0.4) is 0 Å². The fourth-order valence-corrected chi connectivity index (χ4v) is 13.3. The first kappa shape index (κ1) is 46.5. The summed E-state index contributed by atoms with van der Waals surface area (Å²) < 4.78 is 6.49. The summed E-state index contributed by atoms with van der Waals surface area (Å²) in [5.41, 5.74) is 14.4. The Balaban J connectivity index is 0.000000134. The van der Waals surface area contributed by atoms with Gasteiger partial charge in [0.05, 0.1) is 0 Å². The Morgan fingerprint density at radius 3 is 1.11 bits per heavy atom. The highest BCUT2D eigenvalue weighted by Crippen LogP contribution is 2.49. The second-order valence-electron chi connectivity index (χ2n) is 21.4. The van der Waals surface area contributed by atoms with Crippen molar-refractivity contribution in [1.29, 1.82) is 0 Å². The van der Waals surface area contributed by atoms with Crippen molar-refractivity contribution >= 4 is 108 Å². The average Bonchev–Trinajstić information content (AvgIpc) is 4.11. The van der Waals surface area contributed by atoms with E-state index in [1.54, 1.807) is 0 Å². The third-order valence-electron chi connectivity index (χ3n) is 16.8. The number of hydrogen-bond acceptors (Lipinski definition) is 1. The summed E-state index contributed by atoms with van der Waals surface area (Å²) >= 11 is 0. The highest BCUT2D eigenvalue weighted by molar-refractivity contribution is 6.28. The molecule has 0 aliphatic rings. The molecule has 1 nitrogen and oxygen atoms in total. The van der Waals surface area contributed by atoms with Gasteiger partial charge >= 0.3 is 0 Å². The minimum absolute atomic E-state index is 0.916. The Kier molecular flexibility index (Phi) is 11.0. The van der Waals surface area contributed by atoms with E-state index in [1.807, 2.05) is 0 Å². The van der Waals surface area contributed by atoms with E-state index in [-0.39, 0.29) is 0 Å². The van der Waals surface area contributed by atoms with Crippen molar-refractivity contribution in [2.24, 2.45) is 0 Å².